The Morgan fingerprint density at radius 2 is 2.54 bits per heavy atom. The van der Waals surface area contributed by atoms with Crippen molar-refractivity contribution >= 4 is 22.3 Å². The second-order valence-corrected chi connectivity index (χ2v) is 3.64. The van der Waals surface area contributed by atoms with E-state index in [0.717, 1.165) is 16.3 Å². The molecule has 4 nitrogen and oxygen atoms in total. The lowest BCUT2D eigenvalue weighted by molar-refractivity contribution is -0.136. The van der Waals surface area contributed by atoms with Crippen LogP contribution in [0, 0.1) is 6.92 Å². The molecule has 2 aromatic heterocycles. The maximum atomic E-state index is 10.5. The van der Waals surface area contributed by atoms with Gasteiger partial charge in [0.15, 0.2) is 4.96 Å². The molecular weight excluding hydrogens is 188 g/mol. The Bertz CT molecular complexity index is 458. The van der Waals surface area contributed by atoms with Crippen LogP contribution in [0.5, 0.6) is 0 Å². The van der Waals surface area contributed by atoms with Crippen LogP contribution in [0.15, 0.2) is 11.6 Å². The summed E-state index contributed by atoms with van der Waals surface area (Å²) in [6.07, 6.45) is 1.88. The van der Waals surface area contributed by atoms with Crippen molar-refractivity contribution in [3.8, 4) is 0 Å². The summed E-state index contributed by atoms with van der Waals surface area (Å²) in [6.45, 7) is 1.83. The topological polar surface area (TPSA) is 54.6 Å². The summed E-state index contributed by atoms with van der Waals surface area (Å²) in [4.78, 5) is 15.6. The first-order valence-corrected chi connectivity index (χ1v) is 4.69. The van der Waals surface area contributed by atoms with Crippen LogP contribution in [-0.4, -0.2) is 20.5 Å². The van der Waals surface area contributed by atoms with E-state index >= 15 is 0 Å². The lowest BCUT2D eigenvalue weighted by atomic mass is 10.2. The number of hydrogen-bond donors (Lipinski definition) is 1. The zero-order valence-electron chi connectivity index (χ0n) is 7.02. The number of carboxylic acid groups (broad SMARTS) is 1. The van der Waals surface area contributed by atoms with Gasteiger partial charge < -0.3 is 5.11 Å². The Morgan fingerprint density at radius 1 is 1.77 bits per heavy atom. The van der Waals surface area contributed by atoms with Crippen LogP contribution in [0.4, 0.5) is 0 Å². The van der Waals surface area contributed by atoms with Gasteiger partial charge in [-0.25, -0.2) is 4.98 Å². The third-order valence-electron chi connectivity index (χ3n) is 1.88. The van der Waals surface area contributed by atoms with Gasteiger partial charge in [-0.15, -0.1) is 11.3 Å². The van der Waals surface area contributed by atoms with Gasteiger partial charge in [0.05, 0.1) is 17.8 Å². The maximum absolute atomic E-state index is 10.5. The monoisotopic (exact) mass is 196 g/mol. The molecular formula is C8H8N2O2S. The largest absolute Gasteiger partial charge is 0.481 e. The molecule has 0 bridgehead atoms. The van der Waals surface area contributed by atoms with Gasteiger partial charge in [-0.3, -0.25) is 9.20 Å². The van der Waals surface area contributed by atoms with Crippen LogP contribution in [-0.2, 0) is 11.2 Å². The number of carboxylic acids is 1. The van der Waals surface area contributed by atoms with Gasteiger partial charge in [-0.1, -0.05) is 0 Å². The molecule has 0 fully saturated rings. The van der Waals surface area contributed by atoms with Crippen molar-refractivity contribution in [1.82, 2.24) is 9.38 Å². The van der Waals surface area contributed by atoms with Crippen molar-refractivity contribution in [3.05, 3.63) is 23.0 Å². The summed E-state index contributed by atoms with van der Waals surface area (Å²) < 4.78 is 1.83. The van der Waals surface area contributed by atoms with E-state index < -0.39 is 5.97 Å². The van der Waals surface area contributed by atoms with Gasteiger partial charge in [-0.05, 0) is 6.92 Å². The number of rotatable bonds is 2. The van der Waals surface area contributed by atoms with Gasteiger partial charge in [0.1, 0.15) is 0 Å². The molecule has 0 aromatic carbocycles. The maximum Gasteiger partial charge on any atom is 0.309 e. The van der Waals surface area contributed by atoms with Gasteiger partial charge >= 0.3 is 5.97 Å². The number of nitrogens with zero attached hydrogens (tertiary/aromatic N) is 2. The molecule has 0 amide bonds. The fourth-order valence-electron chi connectivity index (χ4n) is 1.30. The van der Waals surface area contributed by atoms with Crippen molar-refractivity contribution in [2.24, 2.45) is 0 Å². The first-order valence-electron chi connectivity index (χ1n) is 3.81. The minimum atomic E-state index is -0.823. The van der Waals surface area contributed by atoms with Crippen LogP contribution >= 0.6 is 11.3 Å². The Hall–Kier alpha value is -1.36. The number of aryl methyl sites for hydroxylation is 1. The summed E-state index contributed by atoms with van der Waals surface area (Å²) >= 11 is 1.51. The predicted molar refractivity (Wildman–Crippen MR) is 49.1 cm³/mol. The highest BCUT2D eigenvalue weighted by Crippen LogP contribution is 2.16. The van der Waals surface area contributed by atoms with E-state index in [1.165, 1.54) is 11.3 Å². The van der Waals surface area contributed by atoms with Crippen LogP contribution in [0.3, 0.4) is 0 Å². The number of imidazole rings is 1. The van der Waals surface area contributed by atoms with E-state index in [2.05, 4.69) is 4.98 Å². The highest BCUT2D eigenvalue weighted by molar-refractivity contribution is 7.15. The number of fused-ring (bicyclic) bond motifs is 1. The van der Waals surface area contributed by atoms with Crippen LogP contribution in [0.2, 0.25) is 0 Å². The van der Waals surface area contributed by atoms with Crippen LogP contribution < -0.4 is 0 Å². The van der Waals surface area contributed by atoms with Crippen LogP contribution in [0.25, 0.3) is 4.96 Å². The van der Waals surface area contributed by atoms with Gasteiger partial charge in [0, 0.05) is 11.6 Å². The van der Waals surface area contributed by atoms with E-state index in [-0.39, 0.29) is 6.42 Å². The zero-order valence-corrected chi connectivity index (χ0v) is 7.84. The SMILES string of the molecule is Cc1nc2sccn2c1CC(=O)O. The molecule has 0 radical (unpaired) electrons. The number of hydrogen-bond acceptors (Lipinski definition) is 3. The zero-order chi connectivity index (χ0) is 9.42. The number of thiazole rings is 1. The molecule has 2 heterocycles. The fraction of sp³-hybridized carbons (Fsp3) is 0.250. The van der Waals surface area contributed by atoms with E-state index in [1.807, 2.05) is 22.9 Å². The Kier molecular flexibility index (Phi) is 1.81. The quantitative estimate of drug-likeness (QED) is 0.788. The highest BCUT2D eigenvalue weighted by atomic mass is 32.1. The molecule has 0 saturated carbocycles. The average molecular weight is 196 g/mol. The van der Waals surface area contributed by atoms with E-state index in [4.69, 9.17) is 5.11 Å². The lowest BCUT2D eigenvalue weighted by Crippen LogP contribution is -2.03. The van der Waals surface area contributed by atoms with Crippen molar-refractivity contribution in [1.29, 1.82) is 0 Å². The van der Waals surface area contributed by atoms with Crippen molar-refractivity contribution in [2.75, 3.05) is 0 Å². The Labute approximate surface area is 78.5 Å². The van der Waals surface area contributed by atoms with Gasteiger partial charge in [0.25, 0.3) is 0 Å². The third-order valence-corrected chi connectivity index (χ3v) is 2.64. The predicted octanol–water partition coefficient (Wildman–Crippen LogP) is 1.33. The average Bonchev–Trinajstić information content (AvgIpc) is 2.55. The third kappa shape index (κ3) is 1.31. The molecule has 0 atom stereocenters. The van der Waals surface area contributed by atoms with E-state index in [1.54, 1.807) is 0 Å². The molecule has 0 saturated heterocycles. The fourth-order valence-corrected chi connectivity index (χ4v) is 2.08. The summed E-state index contributed by atoms with van der Waals surface area (Å²) in [7, 11) is 0. The minimum Gasteiger partial charge on any atom is -0.481 e. The Balaban J connectivity index is 2.57. The number of aromatic nitrogens is 2. The summed E-state index contributed by atoms with van der Waals surface area (Å²) in [6, 6.07) is 0. The molecule has 0 spiro atoms. The van der Waals surface area contributed by atoms with Crippen molar-refractivity contribution in [2.45, 2.75) is 13.3 Å². The second kappa shape index (κ2) is 2.85. The van der Waals surface area contributed by atoms with Crippen molar-refractivity contribution < 1.29 is 9.90 Å². The van der Waals surface area contributed by atoms with Gasteiger partial charge in [-0.2, -0.15) is 0 Å². The van der Waals surface area contributed by atoms with Gasteiger partial charge in [0.2, 0.25) is 0 Å². The summed E-state index contributed by atoms with van der Waals surface area (Å²) in [5.41, 5.74) is 1.57. The normalized spacial score (nSPS) is 10.8. The summed E-state index contributed by atoms with van der Waals surface area (Å²) in [5, 5.41) is 10.6. The minimum absolute atomic E-state index is 0.0315. The van der Waals surface area contributed by atoms with Crippen molar-refractivity contribution in [3.63, 3.8) is 0 Å². The number of aliphatic carboxylic acids is 1. The Morgan fingerprint density at radius 3 is 3.23 bits per heavy atom. The first kappa shape index (κ1) is 8.25. The molecule has 2 rings (SSSR count). The molecule has 0 unspecified atom stereocenters. The number of carbonyl (C=O) groups is 1. The lowest BCUT2D eigenvalue weighted by Gasteiger charge is -1.94. The molecule has 0 aliphatic heterocycles. The first-order chi connectivity index (χ1) is 6.18. The smallest absolute Gasteiger partial charge is 0.309 e. The molecule has 68 valence electrons. The molecule has 5 heteroatoms. The summed E-state index contributed by atoms with van der Waals surface area (Å²) in [5.74, 6) is -0.823. The highest BCUT2D eigenvalue weighted by Gasteiger charge is 2.11. The molecule has 2 aromatic rings. The van der Waals surface area contributed by atoms with E-state index in [0.29, 0.717) is 0 Å². The standard InChI is InChI=1S/C8H8N2O2S/c1-5-6(4-7(11)12)10-2-3-13-8(10)9-5/h2-3H,4H2,1H3,(H,11,12). The molecule has 13 heavy (non-hydrogen) atoms. The molecule has 0 aliphatic carbocycles. The second-order valence-electron chi connectivity index (χ2n) is 2.77. The molecule has 0 aliphatic rings. The van der Waals surface area contributed by atoms with E-state index in [9.17, 15) is 4.79 Å². The molecule has 1 N–H and O–H groups in total. The van der Waals surface area contributed by atoms with Crippen LogP contribution in [0.1, 0.15) is 11.4 Å².